The van der Waals surface area contributed by atoms with Crippen LogP contribution in [-0.2, 0) is 14.3 Å². The third kappa shape index (κ3) is 4.64. The van der Waals surface area contributed by atoms with E-state index in [0.717, 1.165) is 11.1 Å². The van der Waals surface area contributed by atoms with Crippen molar-refractivity contribution in [3.05, 3.63) is 41.0 Å². The van der Waals surface area contributed by atoms with Gasteiger partial charge in [-0.05, 0) is 25.5 Å². The molecule has 0 fully saturated rings. The minimum atomic E-state index is -0.388. The van der Waals surface area contributed by atoms with Crippen LogP contribution in [0.15, 0.2) is 29.8 Å². The van der Waals surface area contributed by atoms with E-state index in [1.807, 2.05) is 31.2 Å². The van der Waals surface area contributed by atoms with E-state index in [1.165, 1.54) is 13.8 Å². The van der Waals surface area contributed by atoms with Crippen molar-refractivity contribution in [1.29, 1.82) is 0 Å². The lowest BCUT2D eigenvalue weighted by atomic mass is 10.1. The Balaban J connectivity index is 2.86. The summed E-state index contributed by atoms with van der Waals surface area (Å²) in [7, 11) is 0. The number of rotatable bonds is 4. The summed E-state index contributed by atoms with van der Waals surface area (Å²) in [5.41, 5.74) is 2.57. The second-order valence-corrected chi connectivity index (χ2v) is 3.92. The molecular weight excluding hydrogens is 216 g/mol. The number of benzene rings is 1. The lowest BCUT2D eigenvalue weighted by Crippen LogP contribution is -2.08. The average molecular weight is 232 g/mol. The van der Waals surface area contributed by atoms with E-state index in [4.69, 9.17) is 4.74 Å². The largest absolute Gasteiger partial charge is 0.461 e. The molecule has 0 saturated carbocycles. The lowest BCUT2D eigenvalue weighted by molar-refractivity contribution is -0.140. The second-order valence-electron chi connectivity index (χ2n) is 3.92. The zero-order valence-corrected chi connectivity index (χ0v) is 10.3. The first-order chi connectivity index (χ1) is 7.99. The van der Waals surface area contributed by atoms with Gasteiger partial charge in [0, 0.05) is 12.5 Å². The molecule has 90 valence electrons. The molecule has 17 heavy (non-hydrogen) atoms. The molecule has 3 nitrogen and oxygen atoms in total. The normalized spacial score (nSPS) is 11.1. The van der Waals surface area contributed by atoms with E-state index in [0.29, 0.717) is 5.57 Å². The molecule has 3 heteroatoms. The highest BCUT2D eigenvalue weighted by atomic mass is 16.5. The van der Waals surface area contributed by atoms with E-state index in [2.05, 4.69) is 0 Å². The first-order valence-corrected chi connectivity index (χ1v) is 5.40. The van der Waals surface area contributed by atoms with E-state index in [9.17, 15) is 9.59 Å². The number of ether oxygens (including phenoxy) is 1. The first kappa shape index (κ1) is 13.2. The van der Waals surface area contributed by atoms with Crippen LogP contribution in [-0.4, -0.2) is 18.4 Å². The quantitative estimate of drug-likeness (QED) is 0.592. The maximum absolute atomic E-state index is 11.4. The van der Waals surface area contributed by atoms with E-state index >= 15 is 0 Å². The molecule has 0 unspecified atom stereocenters. The summed E-state index contributed by atoms with van der Waals surface area (Å²) in [5.74, 6) is -0.479. The van der Waals surface area contributed by atoms with Gasteiger partial charge in [0.15, 0.2) is 5.78 Å². The Kier molecular flexibility index (Phi) is 4.64. The van der Waals surface area contributed by atoms with Gasteiger partial charge in [-0.15, -0.1) is 0 Å². The number of esters is 1. The van der Waals surface area contributed by atoms with Gasteiger partial charge >= 0.3 is 5.97 Å². The van der Waals surface area contributed by atoms with Gasteiger partial charge in [-0.25, -0.2) is 0 Å². The SMILES string of the molecule is CC(=O)OC/C(=C\c1ccc(C)cc1)C(C)=O. The maximum atomic E-state index is 11.4. The van der Waals surface area contributed by atoms with Crippen molar-refractivity contribution in [3.8, 4) is 0 Å². The summed E-state index contributed by atoms with van der Waals surface area (Å²) in [4.78, 5) is 22.1. The molecule has 0 aromatic heterocycles. The zero-order valence-electron chi connectivity index (χ0n) is 10.3. The molecule has 0 aliphatic heterocycles. The number of hydrogen-bond donors (Lipinski definition) is 0. The van der Waals surface area contributed by atoms with Crippen molar-refractivity contribution in [1.82, 2.24) is 0 Å². The zero-order chi connectivity index (χ0) is 12.8. The van der Waals surface area contributed by atoms with Crippen LogP contribution in [0, 0.1) is 6.92 Å². The molecule has 0 N–H and O–H groups in total. The van der Waals surface area contributed by atoms with E-state index in [-0.39, 0.29) is 18.4 Å². The Labute approximate surface area is 101 Å². The molecule has 1 rings (SSSR count). The van der Waals surface area contributed by atoms with Gasteiger partial charge in [0.05, 0.1) is 0 Å². The summed E-state index contributed by atoms with van der Waals surface area (Å²) in [6.07, 6.45) is 1.74. The smallest absolute Gasteiger partial charge is 0.302 e. The van der Waals surface area contributed by atoms with Crippen molar-refractivity contribution in [2.75, 3.05) is 6.61 Å². The standard InChI is InChI=1S/C14H16O3/c1-10-4-6-13(7-5-10)8-14(11(2)15)9-17-12(3)16/h4-8H,9H2,1-3H3/b14-8+. The molecular formula is C14H16O3. The van der Waals surface area contributed by atoms with Crippen molar-refractivity contribution in [2.45, 2.75) is 20.8 Å². The Morgan fingerprint density at radius 3 is 2.24 bits per heavy atom. The van der Waals surface area contributed by atoms with Crippen LogP contribution in [0.2, 0.25) is 0 Å². The minimum absolute atomic E-state index is 0.0263. The fourth-order valence-electron chi connectivity index (χ4n) is 1.29. The highest BCUT2D eigenvalue weighted by Crippen LogP contribution is 2.10. The maximum Gasteiger partial charge on any atom is 0.302 e. The van der Waals surface area contributed by atoms with Crippen molar-refractivity contribution >= 4 is 17.8 Å². The Bertz CT molecular complexity index is 441. The third-order valence-corrected chi connectivity index (χ3v) is 2.30. The van der Waals surface area contributed by atoms with Crippen LogP contribution in [0.25, 0.3) is 6.08 Å². The summed E-state index contributed by atoms with van der Waals surface area (Å²) in [6.45, 7) is 4.81. The lowest BCUT2D eigenvalue weighted by Gasteiger charge is -2.04. The molecule has 0 heterocycles. The molecule has 0 radical (unpaired) electrons. The van der Waals surface area contributed by atoms with Gasteiger partial charge in [-0.2, -0.15) is 0 Å². The fourth-order valence-corrected chi connectivity index (χ4v) is 1.29. The molecule has 0 aliphatic rings. The summed E-state index contributed by atoms with van der Waals surface area (Å²) in [5, 5.41) is 0. The molecule has 0 saturated heterocycles. The van der Waals surface area contributed by atoms with Gasteiger partial charge in [0.25, 0.3) is 0 Å². The molecule has 0 amide bonds. The van der Waals surface area contributed by atoms with Crippen LogP contribution >= 0.6 is 0 Å². The number of ketones is 1. The third-order valence-electron chi connectivity index (χ3n) is 2.30. The number of hydrogen-bond acceptors (Lipinski definition) is 3. The average Bonchev–Trinajstić information content (AvgIpc) is 2.26. The first-order valence-electron chi connectivity index (χ1n) is 5.40. The molecule has 1 aromatic rings. The van der Waals surface area contributed by atoms with E-state index < -0.39 is 0 Å². The molecule has 0 spiro atoms. The van der Waals surface area contributed by atoms with Crippen molar-refractivity contribution in [3.63, 3.8) is 0 Å². The van der Waals surface area contributed by atoms with Gasteiger partial charge in [0.1, 0.15) is 6.61 Å². The van der Waals surface area contributed by atoms with Gasteiger partial charge in [0.2, 0.25) is 0 Å². The summed E-state index contributed by atoms with van der Waals surface area (Å²) >= 11 is 0. The number of carbonyl (C=O) groups is 2. The molecule has 0 bridgehead atoms. The monoisotopic (exact) mass is 232 g/mol. The highest BCUT2D eigenvalue weighted by molar-refractivity contribution is 5.98. The minimum Gasteiger partial charge on any atom is -0.461 e. The number of aryl methyl sites for hydroxylation is 1. The van der Waals surface area contributed by atoms with Gasteiger partial charge < -0.3 is 4.74 Å². The van der Waals surface area contributed by atoms with Crippen LogP contribution in [0.3, 0.4) is 0 Å². The molecule has 0 aliphatic carbocycles. The van der Waals surface area contributed by atoms with Gasteiger partial charge in [-0.1, -0.05) is 29.8 Å². The molecule has 1 aromatic carbocycles. The topological polar surface area (TPSA) is 43.4 Å². The Morgan fingerprint density at radius 1 is 1.18 bits per heavy atom. The van der Waals surface area contributed by atoms with E-state index in [1.54, 1.807) is 6.08 Å². The Morgan fingerprint density at radius 2 is 1.76 bits per heavy atom. The predicted octanol–water partition coefficient (Wildman–Crippen LogP) is 2.53. The van der Waals surface area contributed by atoms with Crippen LogP contribution in [0.4, 0.5) is 0 Å². The van der Waals surface area contributed by atoms with Crippen molar-refractivity contribution < 1.29 is 14.3 Å². The van der Waals surface area contributed by atoms with Crippen LogP contribution < -0.4 is 0 Å². The van der Waals surface area contributed by atoms with Crippen molar-refractivity contribution in [2.24, 2.45) is 0 Å². The predicted molar refractivity (Wildman–Crippen MR) is 66.5 cm³/mol. The fraction of sp³-hybridized carbons (Fsp3) is 0.286. The highest BCUT2D eigenvalue weighted by Gasteiger charge is 2.06. The number of Topliss-reactive ketones (excluding diaryl/α,β-unsaturated/α-hetero) is 1. The summed E-state index contributed by atoms with van der Waals surface area (Å²) in [6, 6.07) is 7.78. The van der Waals surface area contributed by atoms with Crippen LogP contribution in [0.5, 0.6) is 0 Å². The van der Waals surface area contributed by atoms with Crippen LogP contribution in [0.1, 0.15) is 25.0 Å². The second kappa shape index (κ2) is 5.99. The Hall–Kier alpha value is -1.90. The van der Waals surface area contributed by atoms with Gasteiger partial charge in [-0.3, -0.25) is 9.59 Å². The number of carbonyl (C=O) groups excluding carboxylic acids is 2. The summed E-state index contributed by atoms with van der Waals surface area (Å²) < 4.78 is 4.83. The molecule has 0 atom stereocenters.